The third kappa shape index (κ3) is 3.28. The Balaban J connectivity index is 1.20. The van der Waals surface area contributed by atoms with Crippen LogP contribution in [0.25, 0.3) is 11.0 Å². The Labute approximate surface area is 182 Å². The van der Waals surface area contributed by atoms with Gasteiger partial charge in [-0.2, -0.15) is 0 Å². The van der Waals surface area contributed by atoms with E-state index in [1.165, 1.54) is 36.0 Å². The molecule has 0 radical (unpaired) electrons. The lowest BCUT2D eigenvalue weighted by Gasteiger charge is -2.35. The molecule has 3 aliphatic rings. The van der Waals surface area contributed by atoms with Crippen LogP contribution in [-0.2, 0) is 12.8 Å². The van der Waals surface area contributed by atoms with Crippen molar-refractivity contribution in [2.75, 3.05) is 18.0 Å². The molecule has 2 fully saturated rings. The first-order valence-corrected chi connectivity index (χ1v) is 11.7. The molecule has 0 unspecified atom stereocenters. The number of H-pyrrole nitrogens is 1. The molecule has 0 amide bonds. The van der Waals surface area contributed by atoms with Gasteiger partial charge in [0.2, 0.25) is 0 Å². The van der Waals surface area contributed by atoms with Crippen molar-refractivity contribution in [3.05, 3.63) is 47.4 Å². The van der Waals surface area contributed by atoms with Crippen LogP contribution in [0.3, 0.4) is 0 Å². The number of aliphatic hydroxyl groups is 1. The van der Waals surface area contributed by atoms with Gasteiger partial charge in [0.15, 0.2) is 5.82 Å². The van der Waals surface area contributed by atoms with Crippen molar-refractivity contribution in [1.29, 1.82) is 0 Å². The van der Waals surface area contributed by atoms with Crippen molar-refractivity contribution in [2.45, 2.75) is 57.7 Å². The van der Waals surface area contributed by atoms with Gasteiger partial charge in [-0.1, -0.05) is 6.07 Å². The molecule has 1 saturated carbocycles. The summed E-state index contributed by atoms with van der Waals surface area (Å²) < 4.78 is 6.47. The third-order valence-corrected chi connectivity index (χ3v) is 7.76. The van der Waals surface area contributed by atoms with Crippen LogP contribution in [-0.4, -0.2) is 45.4 Å². The zero-order chi connectivity index (χ0) is 20.9. The van der Waals surface area contributed by atoms with Crippen molar-refractivity contribution >= 4 is 16.9 Å². The van der Waals surface area contributed by atoms with E-state index < -0.39 is 6.10 Å². The summed E-state index contributed by atoms with van der Waals surface area (Å²) in [5.41, 5.74) is 6.17. The highest BCUT2D eigenvalue weighted by atomic mass is 16.5. The molecule has 2 aliphatic carbocycles. The molecular formula is C25H30N4O2. The van der Waals surface area contributed by atoms with E-state index in [1.54, 1.807) is 6.33 Å². The van der Waals surface area contributed by atoms with E-state index in [9.17, 15) is 5.11 Å². The van der Waals surface area contributed by atoms with E-state index in [1.807, 2.05) is 12.3 Å². The quantitative estimate of drug-likeness (QED) is 0.677. The van der Waals surface area contributed by atoms with Gasteiger partial charge in [-0.25, -0.2) is 9.97 Å². The Hall–Kier alpha value is -2.60. The summed E-state index contributed by atoms with van der Waals surface area (Å²) in [4.78, 5) is 14.6. The molecule has 3 aromatic rings. The van der Waals surface area contributed by atoms with E-state index in [4.69, 9.17) is 4.74 Å². The maximum absolute atomic E-state index is 10.9. The Bertz CT molecular complexity index is 1110. The topological polar surface area (TPSA) is 74.3 Å². The predicted octanol–water partition coefficient (Wildman–Crippen LogP) is 3.80. The molecule has 6 rings (SSSR count). The van der Waals surface area contributed by atoms with Crippen molar-refractivity contribution in [1.82, 2.24) is 15.0 Å². The van der Waals surface area contributed by atoms with Crippen LogP contribution in [0.1, 0.15) is 42.4 Å². The average molecular weight is 419 g/mol. The van der Waals surface area contributed by atoms with E-state index in [0.29, 0.717) is 11.8 Å². The molecule has 0 bridgehead atoms. The van der Waals surface area contributed by atoms with Gasteiger partial charge in [-0.05, 0) is 86.1 Å². The van der Waals surface area contributed by atoms with Crippen molar-refractivity contribution < 1.29 is 9.84 Å². The lowest BCUT2D eigenvalue weighted by molar-refractivity contribution is -0.0234. The zero-order valence-corrected chi connectivity index (χ0v) is 18.1. The maximum Gasteiger partial charge on any atom is 0.156 e. The van der Waals surface area contributed by atoms with Gasteiger partial charge in [0, 0.05) is 19.3 Å². The molecule has 2 N–H and O–H groups in total. The number of benzene rings is 1. The monoisotopic (exact) mass is 418 g/mol. The van der Waals surface area contributed by atoms with E-state index in [0.717, 1.165) is 55.0 Å². The number of aromatic nitrogens is 3. The Morgan fingerprint density at radius 1 is 1.06 bits per heavy atom. The SMILES string of the molecule is Cc1c(O[C@@H]2C[C@@H]3CN(c4ncnc5cc[nH]c45)C[C@@H]3C[C@H]2O)ccc2c1CCCC2. The molecule has 162 valence electrons. The summed E-state index contributed by atoms with van der Waals surface area (Å²) in [6, 6.07) is 6.35. The van der Waals surface area contributed by atoms with Gasteiger partial charge in [0.05, 0.1) is 11.6 Å². The molecule has 6 heteroatoms. The number of aromatic amines is 1. The maximum atomic E-state index is 10.9. The van der Waals surface area contributed by atoms with Gasteiger partial charge in [-0.3, -0.25) is 0 Å². The van der Waals surface area contributed by atoms with Crippen LogP contribution in [0.2, 0.25) is 0 Å². The highest BCUT2D eigenvalue weighted by molar-refractivity contribution is 5.86. The van der Waals surface area contributed by atoms with Crippen LogP contribution < -0.4 is 9.64 Å². The van der Waals surface area contributed by atoms with Gasteiger partial charge in [0.1, 0.15) is 23.7 Å². The lowest BCUT2D eigenvalue weighted by Crippen LogP contribution is -2.42. The Morgan fingerprint density at radius 3 is 2.81 bits per heavy atom. The summed E-state index contributed by atoms with van der Waals surface area (Å²) in [6.07, 6.45) is 9.55. The molecule has 4 atom stereocenters. The van der Waals surface area contributed by atoms with Crippen molar-refractivity contribution in [2.24, 2.45) is 11.8 Å². The Kier molecular flexibility index (Phi) is 4.64. The number of nitrogens with one attached hydrogen (secondary N) is 1. The first-order chi connectivity index (χ1) is 15.2. The predicted molar refractivity (Wildman–Crippen MR) is 121 cm³/mol. The number of rotatable bonds is 3. The van der Waals surface area contributed by atoms with Crippen molar-refractivity contribution in [3.8, 4) is 5.75 Å². The minimum Gasteiger partial charge on any atom is -0.487 e. The second-order valence-electron chi connectivity index (χ2n) is 9.59. The molecule has 1 aliphatic heterocycles. The first kappa shape index (κ1) is 19.1. The average Bonchev–Trinajstić information content (AvgIpc) is 3.42. The number of fused-ring (bicyclic) bond motifs is 3. The molecule has 2 aromatic heterocycles. The minimum atomic E-state index is -0.424. The van der Waals surface area contributed by atoms with Crippen LogP contribution in [0.15, 0.2) is 30.7 Å². The molecule has 1 aromatic carbocycles. The van der Waals surface area contributed by atoms with E-state index in [-0.39, 0.29) is 6.10 Å². The smallest absolute Gasteiger partial charge is 0.156 e. The zero-order valence-electron chi connectivity index (χ0n) is 18.1. The van der Waals surface area contributed by atoms with Crippen LogP contribution in [0, 0.1) is 18.8 Å². The molecule has 6 nitrogen and oxygen atoms in total. The molecular weight excluding hydrogens is 388 g/mol. The second-order valence-corrected chi connectivity index (χ2v) is 9.59. The Morgan fingerprint density at radius 2 is 1.90 bits per heavy atom. The van der Waals surface area contributed by atoms with Gasteiger partial charge in [-0.15, -0.1) is 0 Å². The number of ether oxygens (including phenoxy) is 1. The number of hydrogen-bond donors (Lipinski definition) is 2. The highest BCUT2D eigenvalue weighted by Crippen LogP contribution is 2.41. The number of nitrogens with zero attached hydrogens (tertiary/aromatic N) is 3. The van der Waals surface area contributed by atoms with Crippen LogP contribution >= 0.6 is 0 Å². The summed E-state index contributed by atoms with van der Waals surface area (Å²) in [5.74, 6) is 2.91. The van der Waals surface area contributed by atoms with Crippen LogP contribution in [0.4, 0.5) is 5.82 Å². The normalized spacial score (nSPS) is 27.9. The summed E-state index contributed by atoms with van der Waals surface area (Å²) in [5, 5.41) is 10.9. The summed E-state index contributed by atoms with van der Waals surface area (Å²) >= 11 is 0. The molecule has 0 spiro atoms. The number of hydrogen-bond acceptors (Lipinski definition) is 5. The van der Waals surface area contributed by atoms with Crippen molar-refractivity contribution in [3.63, 3.8) is 0 Å². The highest BCUT2D eigenvalue weighted by Gasteiger charge is 2.43. The first-order valence-electron chi connectivity index (χ1n) is 11.7. The van der Waals surface area contributed by atoms with E-state index in [2.05, 4.69) is 38.9 Å². The number of anilines is 1. The second kappa shape index (κ2) is 7.52. The lowest BCUT2D eigenvalue weighted by atomic mass is 9.78. The summed E-state index contributed by atoms with van der Waals surface area (Å²) in [7, 11) is 0. The fourth-order valence-electron chi connectivity index (χ4n) is 6.07. The number of aliphatic hydroxyl groups excluding tert-OH is 1. The largest absolute Gasteiger partial charge is 0.487 e. The molecule has 3 heterocycles. The standard InChI is InChI=1S/C25H30N4O2/c1-15-19-5-3-2-4-16(19)6-7-22(15)31-23-11-18-13-29(12-17(18)10-21(23)30)25-24-20(8-9-26-24)27-14-28-25/h6-9,14,17-18,21,23,26,30H,2-5,10-13H2,1H3/t17-,18+,21+,23+/m0/s1. The van der Waals surface area contributed by atoms with Gasteiger partial charge < -0.3 is 19.7 Å². The van der Waals surface area contributed by atoms with Crippen LogP contribution in [0.5, 0.6) is 5.75 Å². The summed E-state index contributed by atoms with van der Waals surface area (Å²) in [6.45, 7) is 4.06. The van der Waals surface area contributed by atoms with E-state index >= 15 is 0 Å². The fourth-order valence-corrected chi connectivity index (χ4v) is 6.07. The van der Waals surface area contributed by atoms with Gasteiger partial charge in [0.25, 0.3) is 0 Å². The minimum absolute atomic E-state index is 0.141. The molecule has 1 saturated heterocycles. The third-order valence-electron chi connectivity index (χ3n) is 7.76. The molecule has 31 heavy (non-hydrogen) atoms. The van der Waals surface area contributed by atoms with Gasteiger partial charge >= 0.3 is 0 Å². The fraction of sp³-hybridized carbons (Fsp3) is 0.520. The number of aryl methyl sites for hydroxylation is 1.